The van der Waals surface area contributed by atoms with Crippen molar-refractivity contribution in [1.82, 2.24) is 20.1 Å². The Kier molecular flexibility index (Phi) is 4.83. The van der Waals surface area contributed by atoms with Gasteiger partial charge in [-0.25, -0.2) is 9.67 Å². The number of benzene rings is 1. The van der Waals surface area contributed by atoms with Gasteiger partial charge < -0.3 is 10.4 Å². The molecule has 0 radical (unpaired) electrons. The molecule has 6 heteroatoms. The molecule has 2 N–H and O–H groups in total. The number of nitrogens with zero attached hydrogens (tertiary/aromatic N) is 3. The van der Waals surface area contributed by atoms with Crippen molar-refractivity contribution in [3.8, 4) is 11.6 Å². The van der Waals surface area contributed by atoms with E-state index >= 15 is 0 Å². The monoisotopic (exact) mass is 342 g/mol. The Hall–Kier alpha value is -2.37. The summed E-state index contributed by atoms with van der Waals surface area (Å²) in [5.74, 6) is 1.03. The summed E-state index contributed by atoms with van der Waals surface area (Å²) >= 11 is 5.97. The van der Waals surface area contributed by atoms with E-state index in [0.717, 1.165) is 22.6 Å². The lowest BCUT2D eigenvalue weighted by Crippen LogP contribution is -2.19. The molecule has 1 atom stereocenters. The van der Waals surface area contributed by atoms with E-state index in [1.165, 1.54) is 0 Å². The summed E-state index contributed by atoms with van der Waals surface area (Å²) in [5.41, 5.74) is 2.97. The van der Waals surface area contributed by atoms with E-state index in [1.807, 2.05) is 31.2 Å². The van der Waals surface area contributed by atoms with Gasteiger partial charge >= 0.3 is 0 Å². The summed E-state index contributed by atoms with van der Waals surface area (Å²) in [7, 11) is 0. The van der Waals surface area contributed by atoms with E-state index in [1.54, 1.807) is 29.2 Å². The van der Waals surface area contributed by atoms with Crippen LogP contribution in [-0.2, 0) is 6.54 Å². The Balaban J connectivity index is 1.80. The van der Waals surface area contributed by atoms with Gasteiger partial charge in [-0.3, -0.25) is 0 Å². The fraction of sp³-hybridized carbons (Fsp3) is 0.222. The average molecular weight is 343 g/mol. The van der Waals surface area contributed by atoms with Crippen LogP contribution >= 0.6 is 11.6 Å². The molecular formula is C18H19ClN4O. The molecule has 24 heavy (non-hydrogen) atoms. The van der Waals surface area contributed by atoms with Gasteiger partial charge in [-0.15, -0.1) is 0 Å². The predicted molar refractivity (Wildman–Crippen MR) is 94.5 cm³/mol. The lowest BCUT2D eigenvalue weighted by atomic mass is 10.1. The summed E-state index contributed by atoms with van der Waals surface area (Å²) in [4.78, 5) is 4.58. The normalized spacial score (nSPS) is 12.3. The van der Waals surface area contributed by atoms with Crippen LogP contribution in [0, 0.1) is 6.92 Å². The van der Waals surface area contributed by atoms with Gasteiger partial charge in [0.05, 0.1) is 17.4 Å². The maximum atomic E-state index is 9.61. The van der Waals surface area contributed by atoms with Crippen molar-refractivity contribution < 1.29 is 5.11 Å². The van der Waals surface area contributed by atoms with Crippen LogP contribution in [0.4, 0.5) is 0 Å². The number of hydrogen-bond acceptors (Lipinski definition) is 4. The van der Waals surface area contributed by atoms with Crippen LogP contribution in [0.1, 0.15) is 29.8 Å². The Labute approximate surface area is 145 Å². The first-order chi connectivity index (χ1) is 11.5. The van der Waals surface area contributed by atoms with Gasteiger partial charge in [-0.2, -0.15) is 5.10 Å². The second-order valence-corrected chi connectivity index (χ2v) is 6.17. The maximum Gasteiger partial charge on any atom is 0.158 e. The van der Waals surface area contributed by atoms with Crippen LogP contribution in [0.15, 0.2) is 48.8 Å². The quantitative estimate of drug-likeness (QED) is 0.740. The zero-order valence-electron chi connectivity index (χ0n) is 13.6. The highest BCUT2D eigenvalue weighted by Crippen LogP contribution is 2.20. The topological polar surface area (TPSA) is 63.0 Å². The number of aromatic hydroxyl groups is 1. The highest BCUT2D eigenvalue weighted by Gasteiger charge is 2.11. The summed E-state index contributed by atoms with van der Waals surface area (Å²) in [5, 5.41) is 17.9. The zero-order valence-corrected chi connectivity index (χ0v) is 14.3. The van der Waals surface area contributed by atoms with Gasteiger partial charge in [0.1, 0.15) is 5.75 Å². The molecule has 0 aliphatic heterocycles. The van der Waals surface area contributed by atoms with Gasteiger partial charge in [0.2, 0.25) is 0 Å². The first-order valence-electron chi connectivity index (χ1n) is 7.72. The number of rotatable bonds is 5. The standard InChI is InChI=1S/C18H19ClN4O/c1-12-6-7-15(18(22-12)23-11-16(19)10-21-23)9-20-13(2)14-4-3-5-17(24)8-14/h3-8,10-11,13,20,24H,9H2,1-2H3/t13-/m1/s1. The number of nitrogens with one attached hydrogen (secondary N) is 1. The number of aryl methyl sites for hydroxylation is 1. The molecule has 3 aromatic rings. The smallest absolute Gasteiger partial charge is 0.158 e. The van der Waals surface area contributed by atoms with Crippen LogP contribution in [0.3, 0.4) is 0 Å². The number of halogens is 1. The van der Waals surface area contributed by atoms with Crippen LogP contribution in [-0.4, -0.2) is 19.9 Å². The molecule has 124 valence electrons. The third kappa shape index (κ3) is 3.75. The largest absolute Gasteiger partial charge is 0.508 e. The van der Waals surface area contributed by atoms with E-state index in [4.69, 9.17) is 11.6 Å². The average Bonchev–Trinajstić information content (AvgIpc) is 2.99. The number of aromatic nitrogens is 3. The summed E-state index contributed by atoms with van der Waals surface area (Å²) in [6.45, 7) is 4.62. The van der Waals surface area contributed by atoms with Gasteiger partial charge in [0, 0.05) is 23.8 Å². The molecule has 5 nitrogen and oxygen atoms in total. The fourth-order valence-corrected chi connectivity index (χ4v) is 2.64. The van der Waals surface area contributed by atoms with E-state index < -0.39 is 0 Å². The molecule has 3 rings (SSSR count). The molecule has 2 aromatic heterocycles. The van der Waals surface area contributed by atoms with Crippen LogP contribution in [0.25, 0.3) is 5.82 Å². The Morgan fingerprint density at radius 3 is 2.83 bits per heavy atom. The van der Waals surface area contributed by atoms with Crippen molar-refractivity contribution in [2.24, 2.45) is 0 Å². The van der Waals surface area contributed by atoms with Gasteiger partial charge in [0.15, 0.2) is 5.82 Å². The SMILES string of the molecule is Cc1ccc(CN[C@H](C)c2cccc(O)c2)c(-n2cc(Cl)cn2)n1. The third-order valence-corrected chi connectivity index (χ3v) is 4.03. The lowest BCUT2D eigenvalue weighted by Gasteiger charge is -2.16. The second-order valence-electron chi connectivity index (χ2n) is 5.74. The summed E-state index contributed by atoms with van der Waals surface area (Å²) in [6.07, 6.45) is 3.34. The fourth-order valence-electron chi connectivity index (χ4n) is 2.50. The van der Waals surface area contributed by atoms with Crippen LogP contribution < -0.4 is 5.32 Å². The number of hydrogen-bond donors (Lipinski definition) is 2. The molecule has 0 unspecified atom stereocenters. The predicted octanol–water partition coefficient (Wildman–Crippen LogP) is 3.79. The van der Waals surface area contributed by atoms with Crippen molar-refractivity contribution in [1.29, 1.82) is 0 Å². The molecule has 0 bridgehead atoms. The summed E-state index contributed by atoms with van der Waals surface area (Å²) in [6, 6.07) is 11.4. The van der Waals surface area contributed by atoms with E-state index in [-0.39, 0.29) is 11.8 Å². The van der Waals surface area contributed by atoms with Gasteiger partial charge in [0.25, 0.3) is 0 Å². The first-order valence-corrected chi connectivity index (χ1v) is 8.10. The van der Waals surface area contributed by atoms with Crippen LogP contribution in [0.2, 0.25) is 5.02 Å². The van der Waals surface area contributed by atoms with Crippen molar-refractivity contribution in [3.63, 3.8) is 0 Å². The molecule has 0 aliphatic rings. The van der Waals surface area contributed by atoms with Crippen molar-refractivity contribution in [2.75, 3.05) is 0 Å². The molecule has 0 amide bonds. The van der Waals surface area contributed by atoms with Crippen molar-refractivity contribution in [3.05, 3.63) is 70.6 Å². The molecule has 0 aliphatic carbocycles. The van der Waals surface area contributed by atoms with E-state index in [2.05, 4.69) is 22.3 Å². The minimum absolute atomic E-state index is 0.0902. The van der Waals surface area contributed by atoms with E-state index in [9.17, 15) is 5.11 Å². The minimum atomic E-state index is 0.0902. The Morgan fingerprint density at radius 1 is 1.29 bits per heavy atom. The highest BCUT2D eigenvalue weighted by atomic mass is 35.5. The number of phenols is 1. The molecule has 0 spiro atoms. The summed E-state index contributed by atoms with van der Waals surface area (Å²) < 4.78 is 1.69. The van der Waals surface area contributed by atoms with Crippen molar-refractivity contribution >= 4 is 11.6 Å². The Morgan fingerprint density at radius 2 is 2.12 bits per heavy atom. The number of phenolic OH excluding ortho intramolecular Hbond substituents is 1. The molecule has 0 saturated heterocycles. The Bertz CT molecular complexity index is 847. The first kappa shape index (κ1) is 16.5. The molecule has 2 heterocycles. The molecule has 0 saturated carbocycles. The van der Waals surface area contributed by atoms with Crippen molar-refractivity contribution in [2.45, 2.75) is 26.4 Å². The number of pyridine rings is 1. The van der Waals surface area contributed by atoms with Gasteiger partial charge in [-0.05, 0) is 37.6 Å². The molecule has 1 aromatic carbocycles. The zero-order chi connectivity index (χ0) is 17.1. The van der Waals surface area contributed by atoms with E-state index in [0.29, 0.717) is 11.6 Å². The second kappa shape index (κ2) is 7.03. The van der Waals surface area contributed by atoms with Crippen LogP contribution in [0.5, 0.6) is 5.75 Å². The lowest BCUT2D eigenvalue weighted by molar-refractivity contribution is 0.472. The maximum absolute atomic E-state index is 9.61. The molecular weight excluding hydrogens is 324 g/mol. The minimum Gasteiger partial charge on any atom is -0.508 e. The highest BCUT2D eigenvalue weighted by molar-refractivity contribution is 6.30. The van der Waals surface area contributed by atoms with Gasteiger partial charge in [-0.1, -0.05) is 29.8 Å². The third-order valence-electron chi connectivity index (χ3n) is 3.83. The molecule has 0 fully saturated rings.